The fourth-order valence-electron chi connectivity index (χ4n) is 2.77. The number of nitrogens with one attached hydrogen (secondary N) is 2. The number of rotatable bonds is 2. The van der Waals surface area contributed by atoms with Gasteiger partial charge in [0, 0.05) is 17.4 Å². The first-order chi connectivity index (χ1) is 11.0. The summed E-state index contributed by atoms with van der Waals surface area (Å²) in [6, 6.07) is 10.00. The number of fused-ring (bicyclic) bond motifs is 1. The molecule has 0 saturated carbocycles. The van der Waals surface area contributed by atoms with Gasteiger partial charge in [-0.2, -0.15) is 0 Å². The van der Waals surface area contributed by atoms with Crippen LogP contribution in [-0.2, 0) is 0 Å². The molecule has 0 fully saturated rings. The Bertz CT molecular complexity index is 736. The third-order valence-electron chi connectivity index (χ3n) is 3.72. The maximum Gasteiger partial charge on any atom is 0.175 e. The topological polar surface area (TPSA) is 42.5 Å². The van der Waals surface area contributed by atoms with Gasteiger partial charge < -0.3 is 20.1 Å². The Balaban J connectivity index is 1.73. The van der Waals surface area contributed by atoms with Crippen molar-refractivity contribution in [2.45, 2.75) is 20.8 Å². The molecule has 0 bridgehead atoms. The lowest BCUT2D eigenvalue weighted by Crippen LogP contribution is -2.21. The summed E-state index contributed by atoms with van der Waals surface area (Å²) in [5.74, 6) is 1.51. The summed E-state index contributed by atoms with van der Waals surface area (Å²) in [6.45, 7) is 7.41. The highest BCUT2D eigenvalue weighted by molar-refractivity contribution is 7.80. The molecule has 0 radical (unpaired) electrons. The maximum atomic E-state index is 5.59. The van der Waals surface area contributed by atoms with E-state index in [2.05, 4.69) is 43.5 Å². The van der Waals surface area contributed by atoms with Crippen molar-refractivity contribution >= 4 is 28.7 Å². The Morgan fingerprint density at radius 2 is 1.57 bits per heavy atom. The largest absolute Gasteiger partial charge is 0.486 e. The normalized spacial score (nSPS) is 12.7. The van der Waals surface area contributed by atoms with Gasteiger partial charge in [0.1, 0.15) is 13.2 Å². The van der Waals surface area contributed by atoms with Crippen LogP contribution >= 0.6 is 12.2 Å². The van der Waals surface area contributed by atoms with Crippen LogP contribution < -0.4 is 20.1 Å². The molecular weight excluding hydrogens is 308 g/mol. The third kappa shape index (κ3) is 3.56. The van der Waals surface area contributed by atoms with E-state index < -0.39 is 0 Å². The quantitative estimate of drug-likeness (QED) is 0.809. The van der Waals surface area contributed by atoms with E-state index in [9.17, 15) is 0 Å². The Kier molecular flexibility index (Phi) is 4.39. The van der Waals surface area contributed by atoms with Gasteiger partial charge in [0.15, 0.2) is 16.6 Å². The molecular formula is C18H20N2O2S. The van der Waals surface area contributed by atoms with Crippen molar-refractivity contribution in [3.05, 3.63) is 47.0 Å². The summed E-state index contributed by atoms with van der Waals surface area (Å²) in [4.78, 5) is 0. The molecule has 0 aromatic heterocycles. The molecule has 0 spiro atoms. The molecule has 2 N–H and O–H groups in total. The number of benzene rings is 2. The standard InChI is InChI=1S/C18H20N2O2S/c1-11-8-12(2)17(13(3)9-11)20-18(23)19-14-4-5-15-16(10-14)22-7-6-21-15/h4-5,8-10H,6-7H2,1-3H3,(H2,19,20,23). The number of thiocarbonyl (C=S) groups is 1. The van der Waals surface area contributed by atoms with E-state index in [0.29, 0.717) is 18.3 Å². The molecule has 1 aliphatic heterocycles. The first-order valence-electron chi connectivity index (χ1n) is 7.58. The van der Waals surface area contributed by atoms with Crippen LogP contribution in [0.3, 0.4) is 0 Å². The summed E-state index contributed by atoms with van der Waals surface area (Å²) < 4.78 is 11.1. The predicted octanol–water partition coefficient (Wildman–Crippen LogP) is 4.19. The minimum absolute atomic E-state index is 0.553. The molecule has 4 nitrogen and oxygen atoms in total. The summed E-state index contributed by atoms with van der Waals surface area (Å²) in [5.41, 5.74) is 5.51. The third-order valence-corrected chi connectivity index (χ3v) is 3.92. The van der Waals surface area contributed by atoms with Gasteiger partial charge in [0.05, 0.1) is 0 Å². The van der Waals surface area contributed by atoms with Crippen LogP contribution in [0.15, 0.2) is 30.3 Å². The lowest BCUT2D eigenvalue weighted by molar-refractivity contribution is 0.171. The molecule has 0 unspecified atom stereocenters. The fraction of sp³-hybridized carbons (Fsp3) is 0.278. The Labute approximate surface area is 141 Å². The SMILES string of the molecule is Cc1cc(C)c(NC(=S)Nc2ccc3c(c2)OCCO3)c(C)c1. The number of anilines is 2. The second-order valence-electron chi connectivity index (χ2n) is 5.71. The lowest BCUT2D eigenvalue weighted by Gasteiger charge is -2.20. The molecule has 23 heavy (non-hydrogen) atoms. The van der Waals surface area contributed by atoms with Crippen molar-refractivity contribution in [1.82, 2.24) is 0 Å². The molecule has 5 heteroatoms. The van der Waals surface area contributed by atoms with Gasteiger partial charge >= 0.3 is 0 Å². The van der Waals surface area contributed by atoms with Crippen molar-refractivity contribution in [2.24, 2.45) is 0 Å². The molecule has 1 heterocycles. The summed E-state index contributed by atoms with van der Waals surface area (Å²) in [6.07, 6.45) is 0. The van der Waals surface area contributed by atoms with Gasteiger partial charge in [-0.3, -0.25) is 0 Å². The van der Waals surface area contributed by atoms with E-state index in [1.165, 1.54) is 16.7 Å². The van der Waals surface area contributed by atoms with Gasteiger partial charge in [0.25, 0.3) is 0 Å². The maximum absolute atomic E-state index is 5.59. The van der Waals surface area contributed by atoms with Crippen molar-refractivity contribution < 1.29 is 9.47 Å². The zero-order valence-corrected chi connectivity index (χ0v) is 14.3. The number of aryl methyl sites for hydroxylation is 3. The van der Waals surface area contributed by atoms with Crippen molar-refractivity contribution in [2.75, 3.05) is 23.8 Å². The van der Waals surface area contributed by atoms with Crippen LogP contribution in [0.4, 0.5) is 11.4 Å². The molecule has 2 aromatic carbocycles. The molecule has 0 amide bonds. The van der Waals surface area contributed by atoms with Crippen molar-refractivity contribution in [3.8, 4) is 11.5 Å². The number of hydrogen-bond acceptors (Lipinski definition) is 3. The van der Waals surface area contributed by atoms with Crippen LogP contribution in [0, 0.1) is 20.8 Å². The van der Waals surface area contributed by atoms with Crippen LogP contribution in [0.2, 0.25) is 0 Å². The number of ether oxygens (including phenoxy) is 2. The van der Waals surface area contributed by atoms with E-state index >= 15 is 0 Å². The van der Waals surface area contributed by atoms with Gasteiger partial charge in [-0.05, 0) is 56.2 Å². The van der Waals surface area contributed by atoms with Crippen LogP contribution in [0.1, 0.15) is 16.7 Å². The van der Waals surface area contributed by atoms with Gasteiger partial charge in [-0.1, -0.05) is 17.7 Å². The Hall–Kier alpha value is -2.27. The van der Waals surface area contributed by atoms with Gasteiger partial charge in [-0.15, -0.1) is 0 Å². The Morgan fingerprint density at radius 1 is 0.913 bits per heavy atom. The minimum Gasteiger partial charge on any atom is -0.486 e. The monoisotopic (exact) mass is 328 g/mol. The molecule has 1 aliphatic rings. The van der Waals surface area contributed by atoms with Crippen LogP contribution in [0.5, 0.6) is 11.5 Å². The lowest BCUT2D eigenvalue weighted by atomic mass is 10.1. The summed E-state index contributed by atoms with van der Waals surface area (Å²) in [7, 11) is 0. The Morgan fingerprint density at radius 3 is 2.26 bits per heavy atom. The second-order valence-corrected chi connectivity index (χ2v) is 6.12. The summed E-state index contributed by atoms with van der Waals surface area (Å²) >= 11 is 5.43. The van der Waals surface area contributed by atoms with E-state index in [0.717, 1.165) is 22.9 Å². The second kappa shape index (κ2) is 6.46. The van der Waals surface area contributed by atoms with Crippen LogP contribution in [-0.4, -0.2) is 18.3 Å². The van der Waals surface area contributed by atoms with E-state index in [-0.39, 0.29) is 0 Å². The molecule has 0 atom stereocenters. The molecule has 0 saturated heterocycles. The van der Waals surface area contributed by atoms with Gasteiger partial charge in [-0.25, -0.2) is 0 Å². The first-order valence-corrected chi connectivity index (χ1v) is 7.99. The average molecular weight is 328 g/mol. The number of hydrogen-bond donors (Lipinski definition) is 2. The highest BCUT2D eigenvalue weighted by Gasteiger charge is 2.12. The van der Waals surface area contributed by atoms with Crippen molar-refractivity contribution in [1.29, 1.82) is 0 Å². The molecule has 0 aliphatic carbocycles. The predicted molar refractivity (Wildman–Crippen MR) is 97.9 cm³/mol. The summed E-state index contributed by atoms with van der Waals surface area (Å²) in [5, 5.41) is 7.03. The van der Waals surface area contributed by atoms with E-state index in [1.807, 2.05) is 18.2 Å². The van der Waals surface area contributed by atoms with E-state index in [4.69, 9.17) is 21.7 Å². The highest BCUT2D eigenvalue weighted by atomic mass is 32.1. The average Bonchev–Trinajstić information content (AvgIpc) is 2.51. The molecule has 120 valence electrons. The zero-order valence-electron chi connectivity index (χ0n) is 13.5. The fourth-order valence-corrected chi connectivity index (χ4v) is 2.99. The van der Waals surface area contributed by atoms with Crippen LogP contribution in [0.25, 0.3) is 0 Å². The first kappa shape index (κ1) is 15.6. The minimum atomic E-state index is 0.553. The van der Waals surface area contributed by atoms with Crippen molar-refractivity contribution in [3.63, 3.8) is 0 Å². The molecule has 2 aromatic rings. The smallest absolute Gasteiger partial charge is 0.175 e. The molecule has 3 rings (SSSR count). The van der Waals surface area contributed by atoms with E-state index in [1.54, 1.807) is 0 Å². The highest BCUT2D eigenvalue weighted by Crippen LogP contribution is 2.32. The van der Waals surface area contributed by atoms with Gasteiger partial charge in [0.2, 0.25) is 0 Å². The zero-order chi connectivity index (χ0) is 16.4.